The molecule has 0 atom stereocenters. The van der Waals surface area contributed by atoms with Gasteiger partial charge in [0, 0.05) is 111 Å². The summed E-state index contributed by atoms with van der Waals surface area (Å²) in [5.41, 5.74) is 5.22. The van der Waals surface area contributed by atoms with Crippen molar-refractivity contribution in [3.8, 4) is 11.5 Å². The highest BCUT2D eigenvalue weighted by Gasteiger charge is 2.31. The zero-order valence-electron chi connectivity index (χ0n) is 39.2. The number of rotatable bonds is 15. The predicted octanol–water partition coefficient (Wildman–Crippen LogP) is 8.20. The number of allylic oxidation sites excluding steroid dienone is 1. The Morgan fingerprint density at radius 2 is 1.72 bits per heavy atom. The zero-order valence-corrected chi connectivity index (χ0v) is 41.6. The highest BCUT2D eigenvalue weighted by atomic mass is 35.5. The summed E-state index contributed by atoms with van der Waals surface area (Å²) in [4.78, 5) is 51.3. The molecule has 5 aromatic rings. The van der Waals surface area contributed by atoms with Crippen LogP contribution in [0.3, 0.4) is 0 Å². The fourth-order valence-electron chi connectivity index (χ4n) is 8.89. The summed E-state index contributed by atoms with van der Waals surface area (Å²) in [7, 11) is -7.27. The molecule has 2 aromatic heterocycles. The van der Waals surface area contributed by atoms with Crippen molar-refractivity contribution in [3.63, 3.8) is 0 Å². The number of fused-ring (bicyclic) bond motifs is 1. The SMILES string of the molecule is CC(C)C(=O)N=S1(=O)CCN(CCNc2ccc(S(=O)(=O)NC(=O)c3ccc(N4CCN(CC5=C(c6ccc(Cl)cc6)CC(C)(C)CC5)CC4)cc3Oc3cnc4[nH]ccc4c3)cc2[N+](=O)[O-])CC1. The third kappa shape index (κ3) is 12.1. The number of nitrogens with zero attached hydrogens (tertiary/aromatic N) is 6. The van der Waals surface area contributed by atoms with E-state index in [0.717, 1.165) is 61.1 Å². The van der Waals surface area contributed by atoms with Crippen LogP contribution in [0.2, 0.25) is 5.02 Å². The number of H-pyrrole nitrogens is 1. The maximum atomic E-state index is 14.0. The first-order valence-electron chi connectivity index (χ1n) is 23.1. The number of nitro benzene ring substituents is 1. The monoisotopic (exact) mass is 999 g/mol. The molecule has 3 N–H and O–H groups in total. The number of halogens is 1. The molecule has 0 radical (unpaired) electrons. The van der Waals surface area contributed by atoms with E-state index in [1.165, 1.54) is 41.1 Å². The topological polar surface area (TPSA) is 213 Å². The Labute approximate surface area is 408 Å². The number of hydrogen-bond donors (Lipinski definition) is 3. The number of aromatic nitrogens is 2. The van der Waals surface area contributed by atoms with Crippen LogP contribution < -0.4 is 19.7 Å². The Hall–Kier alpha value is -5.86. The van der Waals surface area contributed by atoms with Crippen molar-refractivity contribution < 1.29 is 31.9 Å². The van der Waals surface area contributed by atoms with Gasteiger partial charge in [-0.2, -0.15) is 4.36 Å². The number of piperazine rings is 1. The van der Waals surface area contributed by atoms with Gasteiger partial charge in [-0.05, 0) is 84.3 Å². The van der Waals surface area contributed by atoms with Gasteiger partial charge in [-0.1, -0.05) is 57.0 Å². The number of aromatic amines is 1. The lowest BCUT2D eigenvalue weighted by molar-refractivity contribution is -0.384. The van der Waals surface area contributed by atoms with Crippen LogP contribution in [0.4, 0.5) is 17.1 Å². The standard InChI is InChI=1S/C49H58ClN9O8S2/c1-33(2)47(60)54-68(64)25-23-56(24-26-68)18-17-51-43-12-10-40(29-44(43)59(62)63)69(65,66)55-48(61)41-11-9-38(28-45(41)67-39-27-35-14-16-52-46(35)53-31-39)58-21-19-57(20-22-58)32-36-13-15-49(3,4)30-42(36)34-5-7-37(50)8-6-34/h5-12,14,16,27-29,31,33,51H,13,15,17-26,30,32H2,1-4H3,(H,52,53)(H,55,61). The van der Waals surface area contributed by atoms with Crippen molar-refractivity contribution in [2.75, 3.05) is 80.6 Å². The molecule has 0 spiro atoms. The lowest BCUT2D eigenvalue weighted by Gasteiger charge is -2.39. The van der Waals surface area contributed by atoms with Crippen molar-refractivity contribution in [2.24, 2.45) is 15.7 Å². The fourth-order valence-corrected chi connectivity index (χ4v) is 12.0. The van der Waals surface area contributed by atoms with Gasteiger partial charge in [0.2, 0.25) is 0 Å². The average molecular weight is 1000 g/mol. The summed E-state index contributed by atoms with van der Waals surface area (Å²) >= 11 is 6.25. The Kier molecular flexibility index (Phi) is 14.8. The van der Waals surface area contributed by atoms with Crippen molar-refractivity contribution >= 4 is 76.8 Å². The normalized spacial score (nSPS) is 17.7. The average Bonchev–Trinajstić information content (AvgIpc) is 3.79. The molecular weight excluding hydrogens is 942 g/mol. The number of pyridine rings is 1. The van der Waals surface area contributed by atoms with E-state index in [9.17, 15) is 32.3 Å². The van der Waals surface area contributed by atoms with Crippen molar-refractivity contribution in [2.45, 2.75) is 51.9 Å². The zero-order chi connectivity index (χ0) is 49.1. The van der Waals surface area contributed by atoms with E-state index in [-0.39, 0.29) is 52.3 Å². The number of anilines is 2. The number of carbonyl (C=O) groups is 2. The van der Waals surface area contributed by atoms with Gasteiger partial charge in [-0.3, -0.25) is 29.5 Å². The van der Waals surface area contributed by atoms with Gasteiger partial charge in [-0.25, -0.2) is 22.3 Å². The van der Waals surface area contributed by atoms with Gasteiger partial charge in [0.1, 0.15) is 22.8 Å². The second kappa shape index (κ2) is 20.6. The van der Waals surface area contributed by atoms with Crippen LogP contribution in [0.15, 0.2) is 100 Å². The molecule has 8 rings (SSSR count). The maximum absolute atomic E-state index is 14.0. The highest BCUT2D eigenvalue weighted by Crippen LogP contribution is 2.43. The second-order valence-electron chi connectivity index (χ2n) is 19.0. The number of nitrogens with one attached hydrogen (secondary N) is 3. The third-order valence-electron chi connectivity index (χ3n) is 13.0. The number of benzene rings is 3. The molecule has 3 aromatic carbocycles. The molecule has 0 bridgehead atoms. The lowest BCUT2D eigenvalue weighted by Crippen LogP contribution is -2.47. The molecule has 0 unspecified atom stereocenters. The summed E-state index contributed by atoms with van der Waals surface area (Å²) in [6, 6.07) is 20.1. The maximum Gasteiger partial charge on any atom is 0.293 e. The van der Waals surface area contributed by atoms with E-state index in [0.29, 0.717) is 44.1 Å². The van der Waals surface area contributed by atoms with Crippen molar-refractivity contribution in [3.05, 3.63) is 117 Å². The molecule has 2 amide bonds. The van der Waals surface area contributed by atoms with E-state index in [4.69, 9.17) is 16.3 Å². The van der Waals surface area contributed by atoms with E-state index in [1.54, 1.807) is 38.2 Å². The summed E-state index contributed by atoms with van der Waals surface area (Å²) in [5.74, 6) is -0.795. The van der Waals surface area contributed by atoms with Crippen LogP contribution >= 0.6 is 11.6 Å². The smallest absolute Gasteiger partial charge is 0.293 e. The molecule has 69 heavy (non-hydrogen) atoms. The summed E-state index contributed by atoms with van der Waals surface area (Å²) in [5, 5.41) is 16.7. The lowest BCUT2D eigenvalue weighted by atomic mass is 9.72. The number of sulfonamides is 1. The molecule has 2 fully saturated rings. The van der Waals surface area contributed by atoms with Gasteiger partial charge < -0.3 is 19.9 Å². The Bertz CT molecular complexity index is 3020. The third-order valence-corrected chi connectivity index (χ3v) is 16.7. The van der Waals surface area contributed by atoms with Crippen LogP contribution in [-0.4, -0.2) is 120 Å². The number of amides is 2. The summed E-state index contributed by atoms with van der Waals surface area (Å²) in [6.07, 6.45) is 6.41. The second-order valence-corrected chi connectivity index (χ2v) is 23.6. The number of hydrogen-bond acceptors (Lipinski definition) is 13. The molecule has 20 heteroatoms. The van der Waals surface area contributed by atoms with E-state index < -0.39 is 41.2 Å². The van der Waals surface area contributed by atoms with E-state index in [2.05, 4.69) is 60.1 Å². The van der Waals surface area contributed by atoms with Crippen LogP contribution in [0.5, 0.6) is 11.5 Å². The van der Waals surface area contributed by atoms with E-state index >= 15 is 0 Å². The van der Waals surface area contributed by atoms with Gasteiger partial charge in [0.15, 0.2) is 0 Å². The van der Waals surface area contributed by atoms with Crippen LogP contribution in [0.1, 0.15) is 62.9 Å². The Balaban J connectivity index is 0.955. The Morgan fingerprint density at radius 1 is 0.986 bits per heavy atom. The first-order chi connectivity index (χ1) is 32.8. The van der Waals surface area contributed by atoms with Crippen LogP contribution in [0, 0.1) is 21.4 Å². The minimum atomic E-state index is -4.63. The van der Waals surface area contributed by atoms with Crippen molar-refractivity contribution in [1.82, 2.24) is 24.5 Å². The summed E-state index contributed by atoms with van der Waals surface area (Å²) in [6.45, 7) is 13.5. The quantitative estimate of drug-likeness (QED) is 0.0668. The highest BCUT2D eigenvalue weighted by molar-refractivity contribution is 7.94. The molecule has 4 heterocycles. The predicted molar refractivity (Wildman–Crippen MR) is 270 cm³/mol. The van der Waals surface area contributed by atoms with Crippen LogP contribution in [-0.2, 0) is 24.5 Å². The molecule has 1 aliphatic carbocycles. The molecule has 17 nitrogen and oxygen atoms in total. The molecule has 0 saturated carbocycles. The Morgan fingerprint density at radius 3 is 2.43 bits per heavy atom. The number of nitro groups is 1. The van der Waals surface area contributed by atoms with E-state index in [1.807, 2.05) is 23.1 Å². The first-order valence-corrected chi connectivity index (χ1v) is 26.8. The fraction of sp³-hybridized carbons (Fsp3) is 0.408. The van der Waals surface area contributed by atoms with Crippen molar-refractivity contribution in [1.29, 1.82) is 0 Å². The van der Waals surface area contributed by atoms with Gasteiger partial charge >= 0.3 is 0 Å². The summed E-state index contributed by atoms with van der Waals surface area (Å²) < 4.78 is 53.0. The van der Waals surface area contributed by atoms with Crippen LogP contribution in [0.25, 0.3) is 16.6 Å². The van der Waals surface area contributed by atoms with Gasteiger partial charge in [0.05, 0.1) is 31.3 Å². The van der Waals surface area contributed by atoms with Gasteiger partial charge in [-0.15, -0.1) is 0 Å². The molecule has 3 aliphatic rings. The molecule has 2 saturated heterocycles. The number of ether oxygens (including phenoxy) is 1. The largest absolute Gasteiger partial charge is 0.455 e. The van der Waals surface area contributed by atoms with Gasteiger partial charge in [0.25, 0.3) is 27.5 Å². The molecule has 2 aliphatic heterocycles. The molecule has 366 valence electrons. The minimum Gasteiger partial charge on any atom is -0.455 e. The first kappa shape index (κ1) is 49.6. The number of carbonyl (C=O) groups excluding carboxylic acids is 2. The minimum absolute atomic E-state index is 0.0708. The molecular formula is C49H58ClN9O8S2.